The number of rotatable bonds is 11. The average molecular weight is 611 g/mol. The van der Waals surface area contributed by atoms with Gasteiger partial charge >= 0.3 is 5.97 Å². The topological polar surface area (TPSA) is 126 Å². The number of carbonyl (C=O) groups is 1. The Kier molecular flexibility index (Phi) is 9.96. The first-order valence-electron chi connectivity index (χ1n) is 12.8. The van der Waals surface area contributed by atoms with Crippen LogP contribution in [0.25, 0.3) is 0 Å². The van der Waals surface area contributed by atoms with Gasteiger partial charge in [-0.1, -0.05) is 35.4 Å². The molecule has 0 amide bonds. The molecule has 0 aliphatic carbocycles. The van der Waals surface area contributed by atoms with Crippen LogP contribution in [0, 0.1) is 13.8 Å². The van der Waals surface area contributed by atoms with E-state index in [2.05, 4.69) is 0 Å². The summed E-state index contributed by atoms with van der Waals surface area (Å²) in [4.78, 5) is 12.8. The van der Waals surface area contributed by atoms with E-state index in [0.29, 0.717) is 28.6 Å². The van der Waals surface area contributed by atoms with Crippen molar-refractivity contribution in [2.24, 2.45) is 0 Å². The highest BCUT2D eigenvalue weighted by Crippen LogP contribution is 2.40. The molecule has 0 saturated carbocycles. The van der Waals surface area contributed by atoms with Crippen molar-refractivity contribution in [2.75, 3.05) is 22.3 Å². The van der Waals surface area contributed by atoms with E-state index in [9.17, 15) is 22.3 Å². The normalized spacial score (nSPS) is 12.2. The molecule has 4 aromatic carbocycles. The fourth-order valence-corrected chi connectivity index (χ4v) is 5.40. The van der Waals surface area contributed by atoms with Crippen LogP contribution >= 0.6 is 0 Å². The first-order valence-corrected chi connectivity index (χ1v) is 14.9. The molecule has 0 aromatic heterocycles. The summed E-state index contributed by atoms with van der Waals surface area (Å²) in [5.41, 5.74) is 3.35. The smallest absolute Gasteiger partial charge is 0.340 e. The van der Waals surface area contributed by atoms with E-state index >= 15 is 0 Å². The molecule has 0 radical (unpaired) electrons. The number of nitrogens with zero attached hydrogens (tertiary/aromatic N) is 2. The van der Waals surface area contributed by atoms with Crippen molar-refractivity contribution in [1.82, 2.24) is 0 Å². The molecule has 0 aliphatic rings. The molecule has 0 fully saturated rings. The monoisotopic (exact) mass is 610 g/mol. The van der Waals surface area contributed by atoms with Crippen molar-refractivity contribution < 1.29 is 36.5 Å². The SMILES string of the molecule is CCOc1cc(Oc2ccc(N(c3ccc(C)cc3)S(=O)O)c(C(=O)OC)c2)ccc1N(c1ccc(C)cc1)S(=O)O. The molecule has 0 aliphatic heterocycles. The fourth-order valence-electron chi connectivity index (χ4n) is 4.15. The van der Waals surface area contributed by atoms with Crippen LogP contribution in [0.2, 0.25) is 0 Å². The molecule has 0 heterocycles. The van der Waals surface area contributed by atoms with Gasteiger partial charge in [-0.15, -0.1) is 0 Å². The van der Waals surface area contributed by atoms with Gasteiger partial charge in [-0.3, -0.25) is 9.11 Å². The highest BCUT2D eigenvalue weighted by Gasteiger charge is 2.24. The second kappa shape index (κ2) is 13.6. The molecule has 10 nitrogen and oxygen atoms in total. The van der Waals surface area contributed by atoms with E-state index in [4.69, 9.17) is 14.2 Å². The second-order valence-electron chi connectivity index (χ2n) is 9.06. The summed E-state index contributed by atoms with van der Waals surface area (Å²) >= 11 is -4.90. The summed E-state index contributed by atoms with van der Waals surface area (Å²) in [6.07, 6.45) is 0. The zero-order chi connectivity index (χ0) is 30.4. The quantitative estimate of drug-likeness (QED) is 0.140. The number of methoxy groups -OCH3 is 1. The molecule has 2 unspecified atom stereocenters. The maximum absolute atomic E-state index is 12.8. The van der Waals surface area contributed by atoms with E-state index in [0.717, 1.165) is 15.4 Å². The van der Waals surface area contributed by atoms with Crippen molar-refractivity contribution in [3.8, 4) is 17.2 Å². The van der Waals surface area contributed by atoms with Crippen LogP contribution in [0.3, 0.4) is 0 Å². The van der Waals surface area contributed by atoms with Gasteiger partial charge in [0.2, 0.25) is 0 Å². The van der Waals surface area contributed by atoms with E-state index < -0.39 is 28.5 Å². The second-order valence-corrected chi connectivity index (χ2v) is 10.7. The molecule has 2 atom stereocenters. The number of esters is 1. The lowest BCUT2D eigenvalue weighted by atomic mass is 10.1. The average Bonchev–Trinajstić information content (AvgIpc) is 2.96. The minimum atomic E-state index is -2.50. The number of hydrogen-bond donors (Lipinski definition) is 2. The zero-order valence-corrected chi connectivity index (χ0v) is 25.0. The van der Waals surface area contributed by atoms with Gasteiger partial charge in [0, 0.05) is 6.07 Å². The minimum Gasteiger partial charge on any atom is -0.492 e. The molecule has 4 aromatic rings. The van der Waals surface area contributed by atoms with Crippen molar-refractivity contribution in [3.63, 3.8) is 0 Å². The number of anilines is 4. The highest BCUT2D eigenvalue weighted by atomic mass is 32.2. The first-order chi connectivity index (χ1) is 20.1. The third-order valence-corrected chi connectivity index (χ3v) is 7.57. The number of ether oxygens (including phenoxy) is 3. The minimum absolute atomic E-state index is 0.000787. The van der Waals surface area contributed by atoms with Crippen LogP contribution < -0.4 is 18.1 Å². The maximum Gasteiger partial charge on any atom is 0.340 e. The fraction of sp³-hybridized carbons (Fsp3) is 0.167. The lowest BCUT2D eigenvalue weighted by molar-refractivity contribution is 0.0601. The summed E-state index contributed by atoms with van der Waals surface area (Å²) in [7, 11) is 1.21. The number of carbonyl (C=O) groups excluding carboxylic acids is 1. The van der Waals surface area contributed by atoms with Crippen molar-refractivity contribution in [3.05, 3.63) is 102 Å². The summed E-state index contributed by atoms with van der Waals surface area (Å²) < 4.78 is 64.1. The highest BCUT2D eigenvalue weighted by molar-refractivity contribution is 7.81. The lowest BCUT2D eigenvalue weighted by Crippen LogP contribution is -2.22. The summed E-state index contributed by atoms with van der Waals surface area (Å²) in [5, 5.41) is 0. The van der Waals surface area contributed by atoms with Gasteiger partial charge in [0.15, 0.2) is 0 Å². The number of benzene rings is 4. The van der Waals surface area contributed by atoms with Crippen LogP contribution in [-0.4, -0.2) is 37.2 Å². The van der Waals surface area contributed by atoms with Gasteiger partial charge in [-0.05, 0) is 75.4 Å². The summed E-state index contributed by atoms with van der Waals surface area (Å²) in [6.45, 7) is 5.88. The van der Waals surface area contributed by atoms with Gasteiger partial charge in [-0.25, -0.2) is 21.8 Å². The maximum atomic E-state index is 12.8. The Bertz CT molecular complexity index is 1610. The Morgan fingerprint density at radius 1 is 0.738 bits per heavy atom. The predicted octanol–water partition coefficient (Wildman–Crippen LogP) is 6.83. The van der Waals surface area contributed by atoms with Crippen molar-refractivity contribution in [2.45, 2.75) is 20.8 Å². The molecule has 4 rings (SSSR count). The largest absolute Gasteiger partial charge is 0.492 e. The van der Waals surface area contributed by atoms with Gasteiger partial charge in [0.25, 0.3) is 22.5 Å². The number of aryl methyl sites for hydroxylation is 2. The third kappa shape index (κ3) is 6.97. The van der Waals surface area contributed by atoms with Crippen LogP contribution in [0.4, 0.5) is 22.7 Å². The van der Waals surface area contributed by atoms with Crippen molar-refractivity contribution >= 4 is 51.3 Å². The van der Waals surface area contributed by atoms with E-state index in [1.165, 1.54) is 23.5 Å². The Morgan fingerprint density at radius 3 is 1.69 bits per heavy atom. The van der Waals surface area contributed by atoms with E-state index in [1.54, 1.807) is 67.6 Å². The summed E-state index contributed by atoms with van der Waals surface area (Å²) in [6, 6.07) is 23.3. The van der Waals surface area contributed by atoms with Gasteiger partial charge < -0.3 is 14.2 Å². The predicted molar refractivity (Wildman–Crippen MR) is 164 cm³/mol. The Hall–Kier alpha value is -4.23. The molecule has 12 heteroatoms. The summed E-state index contributed by atoms with van der Waals surface area (Å²) in [5.74, 6) is 0.120. The molecule has 42 heavy (non-hydrogen) atoms. The third-order valence-electron chi connectivity index (χ3n) is 6.13. The molecule has 2 N–H and O–H groups in total. The van der Waals surface area contributed by atoms with Gasteiger partial charge in [-0.2, -0.15) is 0 Å². The van der Waals surface area contributed by atoms with E-state index in [1.807, 2.05) is 26.0 Å². The van der Waals surface area contributed by atoms with Crippen molar-refractivity contribution in [1.29, 1.82) is 0 Å². The Morgan fingerprint density at radius 2 is 1.21 bits per heavy atom. The molecule has 220 valence electrons. The van der Waals surface area contributed by atoms with Gasteiger partial charge in [0.05, 0.1) is 42.0 Å². The van der Waals surface area contributed by atoms with Crippen LogP contribution in [0.5, 0.6) is 17.2 Å². The van der Waals surface area contributed by atoms with Crippen LogP contribution in [-0.2, 0) is 27.3 Å². The van der Waals surface area contributed by atoms with Crippen LogP contribution in [0.15, 0.2) is 84.9 Å². The van der Waals surface area contributed by atoms with Gasteiger partial charge in [0.1, 0.15) is 17.2 Å². The first kappa shape index (κ1) is 30.7. The van der Waals surface area contributed by atoms with Crippen LogP contribution in [0.1, 0.15) is 28.4 Å². The van der Waals surface area contributed by atoms with E-state index in [-0.39, 0.29) is 23.6 Å². The molecule has 0 bridgehead atoms. The lowest BCUT2D eigenvalue weighted by Gasteiger charge is -2.24. The molecule has 0 spiro atoms. The Labute approximate surface area is 249 Å². The molecular formula is C30H30N2O8S2. The Balaban J connectivity index is 1.72. The molecule has 0 saturated heterocycles. The molecular weight excluding hydrogens is 580 g/mol. The zero-order valence-electron chi connectivity index (χ0n) is 23.3. The standard InChI is InChI=1S/C30H30N2O8S2/c1-5-39-29-19-25(15-17-28(29)32(42(36)37)23-12-8-21(3)9-13-23)40-24-14-16-27(26(18-24)30(33)38-4)31(41(34)35)22-10-6-20(2)7-11-22/h6-19H,5H2,1-4H3,(H,34,35)(H,36,37). The number of hydrogen-bond acceptors (Lipinski definition) is 6.